The van der Waals surface area contributed by atoms with Gasteiger partial charge in [-0.3, -0.25) is 9.28 Å². The van der Waals surface area contributed by atoms with Crippen molar-refractivity contribution in [1.82, 2.24) is 0 Å². The summed E-state index contributed by atoms with van der Waals surface area (Å²) in [5.74, 6) is 0. The van der Waals surface area contributed by atoms with Gasteiger partial charge in [-0.2, -0.15) is 0 Å². The topological polar surface area (TPSA) is 17.1 Å². The van der Waals surface area contributed by atoms with Crippen molar-refractivity contribution in [3.63, 3.8) is 0 Å². The van der Waals surface area contributed by atoms with Crippen molar-refractivity contribution in [2.24, 2.45) is 0 Å². The average molecular weight is 270 g/mol. The Morgan fingerprint density at radius 1 is 1.33 bits per heavy atom. The summed E-state index contributed by atoms with van der Waals surface area (Å²) in [6.07, 6.45) is 0. The number of carbonyl (C=O) groups is 1. The molecule has 5 heteroatoms. The molecule has 0 aliphatic rings. The van der Waals surface area contributed by atoms with Crippen molar-refractivity contribution < 1.29 is 9.28 Å². The zero-order valence-corrected chi connectivity index (χ0v) is 11.8. The van der Waals surface area contributed by atoms with E-state index in [2.05, 4.69) is 0 Å². The molecule has 0 aromatic carbocycles. The Morgan fingerprint density at radius 2 is 1.73 bits per heavy atom. The Hall–Kier alpha value is 0.170. The maximum absolute atomic E-state index is 11.7. The molecule has 0 radical (unpaired) electrons. The number of rotatable bonds is 4. The van der Waals surface area contributed by atoms with E-state index in [0.717, 1.165) is 0 Å². The first-order valence-electron chi connectivity index (χ1n) is 4.82. The highest BCUT2D eigenvalue weighted by molar-refractivity contribution is 7.76. The van der Waals surface area contributed by atoms with Crippen LogP contribution in [0.5, 0.6) is 0 Å². The Kier molecular flexibility index (Phi) is 6.11. The fraction of sp³-hybridized carbons (Fsp3) is 0.700. The summed E-state index contributed by atoms with van der Waals surface area (Å²) in [6, 6.07) is 0.167. The molecule has 0 spiro atoms. The van der Waals surface area contributed by atoms with E-state index < -0.39 is 0 Å². The van der Waals surface area contributed by atoms with E-state index in [4.69, 9.17) is 35.8 Å². The second-order valence-electron chi connectivity index (χ2n) is 4.10. The van der Waals surface area contributed by atoms with Crippen LogP contribution in [0.2, 0.25) is 0 Å². The SMILES string of the molecule is CC(C)[N+](C/C(Cl)=C/Cl)(C(=O)[S-])C(C)C. The van der Waals surface area contributed by atoms with Crippen LogP contribution in [0.15, 0.2) is 10.6 Å². The lowest BCUT2D eigenvalue weighted by Gasteiger charge is -2.45. The van der Waals surface area contributed by atoms with Crippen molar-refractivity contribution in [1.29, 1.82) is 0 Å². The van der Waals surface area contributed by atoms with Crippen LogP contribution in [0.3, 0.4) is 0 Å². The number of quaternary nitrogens is 1. The predicted octanol–water partition coefficient (Wildman–Crippen LogP) is 3.61. The maximum atomic E-state index is 11.7. The molecule has 0 aliphatic carbocycles. The zero-order valence-electron chi connectivity index (χ0n) is 9.46. The Balaban J connectivity index is 5.24. The highest BCUT2D eigenvalue weighted by Crippen LogP contribution is 2.24. The third-order valence-electron chi connectivity index (χ3n) is 2.71. The van der Waals surface area contributed by atoms with Crippen LogP contribution in [0.25, 0.3) is 0 Å². The van der Waals surface area contributed by atoms with Crippen molar-refractivity contribution in [2.45, 2.75) is 39.8 Å². The van der Waals surface area contributed by atoms with Gasteiger partial charge in [-0.1, -0.05) is 23.2 Å². The van der Waals surface area contributed by atoms with Crippen LogP contribution in [-0.2, 0) is 12.6 Å². The molecule has 0 bridgehead atoms. The molecule has 0 aromatic heterocycles. The second kappa shape index (κ2) is 6.04. The largest absolute Gasteiger partial charge is 0.675 e. The lowest BCUT2D eigenvalue weighted by Crippen LogP contribution is -2.60. The standard InChI is InChI=1S/C10H17Cl2NOS/c1-7(2)13(8(3)4,10(14)15)6-9(12)5-11/h5,7-8H,6H2,1-4H3/b9-5-. The molecule has 0 rings (SSSR count). The highest BCUT2D eigenvalue weighted by atomic mass is 35.5. The van der Waals surface area contributed by atoms with Gasteiger partial charge in [-0.05, 0) is 27.7 Å². The van der Waals surface area contributed by atoms with E-state index >= 15 is 0 Å². The van der Waals surface area contributed by atoms with Crippen LogP contribution in [-0.4, -0.2) is 28.4 Å². The molecule has 0 saturated carbocycles. The lowest BCUT2D eigenvalue weighted by molar-refractivity contribution is -0.881. The van der Waals surface area contributed by atoms with Gasteiger partial charge >= 0.3 is 0 Å². The zero-order chi connectivity index (χ0) is 12.2. The number of halogens is 2. The molecule has 2 nitrogen and oxygen atoms in total. The fourth-order valence-corrected chi connectivity index (χ4v) is 2.49. The first kappa shape index (κ1) is 15.2. The third-order valence-corrected chi connectivity index (χ3v) is 3.66. The molecular formula is C10H17Cl2NOS. The summed E-state index contributed by atoms with van der Waals surface area (Å²) < 4.78 is 0.150. The first-order valence-corrected chi connectivity index (χ1v) is 6.05. The van der Waals surface area contributed by atoms with E-state index in [-0.39, 0.29) is 21.8 Å². The minimum Gasteiger partial charge on any atom is -0.675 e. The monoisotopic (exact) mass is 269 g/mol. The average Bonchev–Trinajstić information content (AvgIpc) is 2.11. The lowest BCUT2D eigenvalue weighted by atomic mass is 10.1. The summed E-state index contributed by atoms with van der Waals surface area (Å²) in [7, 11) is 0. The van der Waals surface area contributed by atoms with E-state index in [9.17, 15) is 4.79 Å². The van der Waals surface area contributed by atoms with Gasteiger partial charge in [0, 0.05) is 5.54 Å². The predicted molar refractivity (Wildman–Crippen MR) is 67.9 cm³/mol. The third kappa shape index (κ3) is 3.31. The van der Waals surface area contributed by atoms with Gasteiger partial charge in [0.1, 0.15) is 6.54 Å². The minimum atomic E-state index is -0.295. The molecule has 0 heterocycles. The van der Waals surface area contributed by atoms with Crippen molar-refractivity contribution >= 4 is 41.1 Å². The van der Waals surface area contributed by atoms with Crippen molar-refractivity contribution in [2.75, 3.05) is 6.54 Å². The van der Waals surface area contributed by atoms with Crippen LogP contribution in [0.4, 0.5) is 4.79 Å². The van der Waals surface area contributed by atoms with Gasteiger partial charge in [-0.15, -0.1) is 0 Å². The number of amides is 1. The molecule has 88 valence electrons. The van der Waals surface area contributed by atoms with E-state index in [1.54, 1.807) is 0 Å². The van der Waals surface area contributed by atoms with Gasteiger partial charge in [-0.25, -0.2) is 0 Å². The molecule has 0 unspecified atom stereocenters. The number of nitrogens with zero attached hydrogens (tertiary/aromatic N) is 1. The molecule has 0 aliphatic heterocycles. The van der Waals surface area contributed by atoms with Gasteiger partial charge in [0.25, 0.3) is 0 Å². The van der Waals surface area contributed by atoms with Gasteiger partial charge < -0.3 is 12.6 Å². The van der Waals surface area contributed by atoms with Gasteiger partial charge in [0.05, 0.1) is 17.1 Å². The van der Waals surface area contributed by atoms with Crippen LogP contribution in [0, 0.1) is 0 Å². The highest BCUT2D eigenvalue weighted by Gasteiger charge is 2.37. The molecule has 0 N–H and O–H groups in total. The summed E-state index contributed by atoms with van der Waals surface area (Å²) in [4.78, 5) is 11.7. The van der Waals surface area contributed by atoms with E-state index in [1.807, 2.05) is 27.7 Å². The number of hydrogen-bond donors (Lipinski definition) is 0. The van der Waals surface area contributed by atoms with Crippen LogP contribution >= 0.6 is 23.2 Å². The van der Waals surface area contributed by atoms with E-state index in [1.165, 1.54) is 5.54 Å². The molecular weight excluding hydrogens is 253 g/mol. The summed E-state index contributed by atoms with van der Waals surface area (Å²) in [5.41, 5.74) is 1.29. The molecule has 1 amide bonds. The van der Waals surface area contributed by atoms with Crippen LogP contribution in [0.1, 0.15) is 27.7 Å². The summed E-state index contributed by atoms with van der Waals surface area (Å²) >= 11 is 16.3. The second-order valence-corrected chi connectivity index (χ2v) is 5.15. The minimum absolute atomic E-state index is 0.0837. The Labute approximate surface area is 107 Å². The smallest absolute Gasteiger partial charge is 0.199 e. The fourth-order valence-electron chi connectivity index (χ4n) is 1.73. The Bertz CT molecular complexity index is 256. The summed E-state index contributed by atoms with van der Waals surface area (Å²) in [6.45, 7) is 8.21. The van der Waals surface area contributed by atoms with Crippen LogP contribution < -0.4 is 0 Å². The molecule has 0 fully saturated rings. The first-order chi connectivity index (χ1) is 6.78. The molecule has 0 saturated heterocycles. The molecule has 0 aromatic rings. The van der Waals surface area contributed by atoms with E-state index in [0.29, 0.717) is 11.6 Å². The molecule has 0 atom stereocenters. The summed E-state index contributed by atoms with van der Waals surface area (Å²) in [5, 5.41) is 0.161. The van der Waals surface area contributed by atoms with Crippen molar-refractivity contribution in [3.05, 3.63) is 10.6 Å². The number of hydrogen-bond acceptors (Lipinski definition) is 2. The quantitative estimate of drug-likeness (QED) is 0.573. The van der Waals surface area contributed by atoms with Gasteiger partial charge in [0.2, 0.25) is 0 Å². The maximum Gasteiger partial charge on any atom is 0.199 e. The molecule has 15 heavy (non-hydrogen) atoms. The van der Waals surface area contributed by atoms with Crippen molar-refractivity contribution in [3.8, 4) is 0 Å². The number of carbonyl (C=O) groups excluding carboxylic acids is 1. The Morgan fingerprint density at radius 3 is 1.93 bits per heavy atom. The van der Waals surface area contributed by atoms with Gasteiger partial charge in [0.15, 0.2) is 5.24 Å². The normalized spacial score (nSPS) is 13.7.